The van der Waals surface area contributed by atoms with Gasteiger partial charge >= 0.3 is 0 Å². The minimum Gasteiger partial charge on any atom is -0.271 e. The van der Waals surface area contributed by atoms with Gasteiger partial charge in [-0.15, -0.1) is 11.3 Å². The first kappa shape index (κ1) is 13.7. The molecule has 0 aliphatic carbocycles. The Labute approximate surface area is 118 Å². The Balaban J connectivity index is 2.19. The predicted octanol–water partition coefficient (Wildman–Crippen LogP) is 3.71. The fourth-order valence-corrected chi connectivity index (χ4v) is 3.32. The highest BCUT2D eigenvalue weighted by Crippen LogP contribution is 2.26. The largest absolute Gasteiger partial charge is 0.271 e. The summed E-state index contributed by atoms with van der Waals surface area (Å²) in [5, 5.41) is 2.04. The standard InChI is InChI=1S/C13H14BrFN2S/c1-8-4-9(2-3-12(8)15)13(17-16)6-11-5-10(14)7-18-11/h2-5,7,13,17H,6,16H2,1H3. The number of aryl methyl sites for hydroxylation is 1. The predicted molar refractivity (Wildman–Crippen MR) is 76.9 cm³/mol. The first-order valence-electron chi connectivity index (χ1n) is 5.55. The van der Waals surface area contributed by atoms with Gasteiger partial charge in [-0.2, -0.15) is 0 Å². The summed E-state index contributed by atoms with van der Waals surface area (Å²) in [6, 6.07) is 7.16. The van der Waals surface area contributed by atoms with Crippen molar-refractivity contribution in [3.8, 4) is 0 Å². The van der Waals surface area contributed by atoms with Gasteiger partial charge < -0.3 is 0 Å². The summed E-state index contributed by atoms with van der Waals surface area (Å²) >= 11 is 5.11. The molecule has 0 radical (unpaired) electrons. The fraction of sp³-hybridized carbons (Fsp3) is 0.231. The lowest BCUT2D eigenvalue weighted by molar-refractivity contribution is 0.551. The van der Waals surface area contributed by atoms with Gasteiger partial charge in [-0.25, -0.2) is 4.39 Å². The number of hydrazine groups is 1. The second kappa shape index (κ2) is 5.93. The van der Waals surface area contributed by atoms with E-state index >= 15 is 0 Å². The maximum Gasteiger partial charge on any atom is 0.126 e. The maximum atomic E-state index is 13.2. The van der Waals surface area contributed by atoms with E-state index in [0.717, 1.165) is 16.5 Å². The number of nitrogens with two attached hydrogens (primary N) is 1. The van der Waals surface area contributed by atoms with E-state index in [4.69, 9.17) is 5.84 Å². The van der Waals surface area contributed by atoms with E-state index in [1.807, 2.05) is 11.4 Å². The van der Waals surface area contributed by atoms with Crippen molar-refractivity contribution in [1.29, 1.82) is 0 Å². The zero-order valence-corrected chi connectivity index (χ0v) is 12.3. The normalized spacial score (nSPS) is 12.7. The van der Waals surface area contributed by atoms with E-state index in [1.54, 1.807) is 24.3 Å². The topological polar surface area (TPSA) is 38.0 Å². The molecule has 0 aliphatic rings. The molecule has 2 nitrogen and oxygen atoms in total. The van der Waals surface area contributed by atoms with Gasteiger partial charge in [-0.1, -0.05) is 12.1 Å². The molecule has 18 heavy (non-hydrogen) atoms. The van der Waals surface area contributed by atoms with E-state index in [-0.39, 0.29) is 11.9 Å². The van der Waals surface area contributed by atoms with E-state index in [0.29, 0.717) is 5.56 Å². The quantitative estimate of drug-likeness (QED) is 0.663. The van der Waals surface area contributed by atoms with Gasteiger partial charge in [0.15, 0.2) is 0 Å². The van der Waals surface area contributed by atoms with E-state index in [1.165, 1.54) is 10.9 Å². The Morgan fingerprint density at radius 3 is 2.78 bits per heavy atom. The summed E-state index contributed by atoms with van der Waals surface area (Å²) in [5.74, 6) is 5.41. The summed E-state index contributed by atoms with van der Waals surface area (Å²) in [4.78, 5) is 1.23. The minimum atomic E-state index is -0.187. The molecule has 1 aromatic heterocycles. The lowest BCUT2D eigenvalue weighted by atomic mass is 10.0. The Hall–Kier alpha value is -0.750. The molecule has 2 rings (SSSR count). The van der Waals surface area contributed by atoms with Crippen molar-refractivity contribution in [1.82, 2.24) is 5.43 Å². The highest BCUT2D eigenvalue weighted by Gasteiger charge is 2.13. The van der Waals surface area contributed by atoms with Gasteiger partial charge in [0.25, 0.3) is 0 Å². The van der Waals surface area contributed by atoms with Crippen LogP contribution in [0.5, 0.6) is 0 Å². The van der Waals surface area contributed by atoms with Crippen LogP contribution in [-0.4, -0.2) is 0 Å². The van der Waals surface area contributed by atoms with E-state index < -0.39 is 0 Å². The fourth-order valence-electron chi connectivity index (χ4n) is 1.82. The van der Waals surface area contributed by atoms with E-state index in [2.05, 4.69) is 27.4 Å². The number of hydrogen-bond acceptors (Lipinski definition) is 3. The molecule has 1 aromatic carbocycles. The molecule has 0 saturated heterocycles. The van der Waals surface area contributed by atoms with Crippen LogP contribution in [0.4, 0.5) is 4.39 Å². The summed E-state index contributed by atoms with van der Waals surface area (Å²) in [6.45, 7) is 1.76. The molecule has 0 amide bonds. The Kier molecular flexibility index (Phi) is 4.50. The van der Waals surface area contributed by atoms with Crippen LogP contribution >= 0.6 is 27.3 Å². The molecule has 0 bridgehead atoms. The summed E-state index contributed by atoms with van der Waals surface area (Å²) in [5.41, 5.74) is 4.43. The molecule has 5 heteroatoms. The van der Waals surface area contributed by atoms with E-state index in [9.17, 15) is 4.39 Å². The average molecular weight is 329 g/mol. The number of rotatable bonds is 4. The lowest BCUT2D eigenvalue weighted by Gasteiger charge is -2.16. The smallest absolute Gasteiger partial charge is 0.126 e. The number of nitrogens with one attached hydrogen (secondary N) is 1. The first-order valence-corrected chi connectivity index (χ1v) is 7.22. The van der Waals surface area contributed by atoms with Crippen molar-refractivity contribution >= 4 is 27.3 Å². The first-order chi connectivity index (χ1) is 8.60. The highest BCUT2D eigenvalue weighted by atomic mass is 79.9. The maximum absolute atomic E-state index is 13.2. The van der Waals surface area contributed by atoms with Crippen LogP contribution < -0.4 is 11.3 Å². The monoisotopic (exact) mass is 328 g/mol. The van der Waals surface area contributed by atoms with Gasteiger partial charge in [0, 0.05) is 21.2 Å². The van der Waals surface area contributed by atoms with Crippen molar-refractivity contribution in [2.45, 2.75) is 19.4 Å². The minimum absolute atomic E-state index is 0.00477. The van der Waals surface area contributed by atoms with Crippen LogP contribution in [0.25, 0.3) is 0 Å². The van der Waals surface area contributed by atoms with Crippen molar-refractivity contribution in [3.63, 3.8) is 0 Å². The van der Waals surface area contributed by atoms with Gasteiger partial charge in [-0.3, -0.25) is 11.3 Å². The number of hydrogen-bond donors (Lipinski definition) is 2. The van der Waals surface area contributed by atoms with Crippen LogP contribution in [0.2, 0.25) is 0 Å². The third-order valence-corrected chi connectivity index (χ3v) is 4.53. The molecule has 0 fully saturated rings. The molecule has 1 heterocycles. The molecule has 3 N–H and O–H groups in total. The Morgan fingerprint density at radius 2 is 2.22 bits per heavy atom. The molecule has 0 saturated carbocycles. The Bertz CT molecular complexity index is 542. The summed E-state index contributed by atoms with van der Waals surface area (Å²) in [7, 11) is 0. The zero-order valence-electron chi connectivity index (χ0n) is 9.91. The molecule has 1 atom stereocenters. The molecule has 0 aliphatic heterocycles. The van der Waals surface area contributed by atoms with Gasteiger partial charge in [0.2, 0.25) is 0 Å². The third-order valence-electron chi connectivity index (χ3n) is 2.81. The second-order valence-corrected chi connectivity index (χ2v) is 6.07. The molecular weight excluding hydrogens is 315 g/mol. The number of halogens is 2. The molecule has 2 aromatic rings. The molecular formula is C13H14BrFN2S. The number of benzene rings is 1. The van der Waals surface area contributed by atoms with Crippen LogP contribution in [0.3, 0.4) is 0 Å². The summed E-state index contributed by atoms with van der Waals surface area (Å²) < 4.78 is 14.3. The van der Waals surface area contributed by atoms with Crippen LogP contribution in [0.1, 0.15) is 22.0 Å². The second-order valence-electron chi connectivity index (χ2n) is 4.16. The third kappa shape index (κ3) is 3.17. The van der Waals surface area contributed by atoms with Crippen molar-refractivity contribution in [3.05, 3.63) is 55.9 Å². The SMILES string of the molecule is Cc1cc(C(Cc2cc(Br)cs2)NN)ccc1F. The van der Waals surface area contributed by atoms with Crippen LogP contribution in [0.15, 0.2) is 34.1 Å². The lowest BCUT2D eigenvalue weighted by Crippen LogP contribution is -2.29. The van der Waals surface area contributed by atoms with Gasteiger partial charge in [0.05, 0.1) is 6.04 Å². The average Bonchev–Trinajstić information content (AvgIpc) is 2.75. The van der Waals surface area contributed by atoms with Crippen molar-refractivity contribution < 1.29 is 4.39 Å². The van der Waals surface area contributed by atoms with Crippen molar-refractivity contribution in [2.24, 2.45) is 5.84 Å². The number of thiophene rings is 1. The Morgan fingerprint density at radius 1 is 1.44 bits per heavy atom. The molecule has 0 spiro atoms. The highest BCUT2D eigenvalue weighted by molar-refractivity contribution is 9.10. The molecule has 96 valence electrons. The van der Waals surface area contributed by atoms with Gasteiger partial charge in [-0.05, 0) is 46.1 Å². The summed E-state index contributed by atoms with van der Waals surface area (Å²) in [6.07, 6.45) is 0.790. The zero-order chi connectivity index (χ0) is 13.1. The van der Waals surface area contributed by atoms with Crippen LogP contribution in [-0.2, 0) is 6.42 Å². The van der Waals surface area contributed by atoms with Crippen LogP contribution in [0, 0.1) is 12.7 Å². The molecule has 1 unspecified atom stereocenters. The van der Waals surface area contributed by atoms with Crippen molar-refractivity contribution in [2.75, 3.05) is 0 Å². The van der Waals surface area contributed by atoms with Gasteiger partial charge in [0.1, 0.15) is 5.82 Å².